The molecule has 0 bridgehead atoms. The number of halogens is 2. The number of pyridine rings is 1. The molecule has 2 aromatic carbocycles. The molecule has 6 rings (SSSR count). The number of aromatic nitrogens is 1. The van der Waals surface area contributed by atoms with E-state index >= 15 is 0 Å². The van der Waals surface area contributed by atoms with Gasteiger partial charge in [0, 0.05) is 25.9 Å². The summed E-state index contributed by atoms with van der Waals surface area (Å²) in [6, 6.07) is 12.4. The Hall–Kier alpha value is -3.97. The van der Waals surface area contributed by atoms with Crippen molar-refractivity contribution in [1.29, 1.82) is 0 Å². The molecule has 256 valence electrons. The van der Waals surface area contributed by atoms with Crippen LogP contribution in [0.1, 0.15) is 54.9 Å². The number of fused-ring (bicyclic) bond motifs is 4. The molecule has 3 aromatic rings. The SMILES string of the molecule is CC.CC.COCCOC(=O)OCOc1c2n(ccc1=O)NC1COCCN1C2=O.Fc1ccc2c(c1F)C[Se]c1ccccc1C2. The second kappa shape index (κ2) is 19.0. The Kier molecular flexibility index (Phi) is 15.2. The first-order valence-corrected chi connectivity index (χ1v) is 17.4. The Morgan fingerprint density at radius 1 is 1.02 bits per heavy atom. The summed E-state index contributed by atoms with van der Waals surface area (Å²) in [6.07, 6.45) is 0.856. The van der Waals surface area contributed by atoms with Gasteiger partial charge < -0.3 is 34.0 Å². The Labute approximate surface area is 279 Å². The molecule has 1 amide bonds. The number of amides is 1. The van der Waals surface area contributed by atoms with Gasteiger partial charge in [-0.15, -0.1) is 0 Å². The predicted molar refractivity (Wildman–Crippen MR) is 173 cm³/mol. The first-order chi connectivity index (χ1) is 22.9. The summed E-state index contributed by atoms with van der Waals surface area (Å²) >= 11 is 0.191. The zero-order chi connectivity index (χ0) is 34.3. The molecule has 0 spiro atoms. The summed E-state index contributed by atoms with van der Waals surface area (Å²) in [7, 11) is 1.47. The Morgan fingerprint density at radius 3 is 2.55 bits per heavy atom. The van der Waals surface area contributed by atoms with E-state index in [-0.39, 0.29) is 51.7 Å². The number of hydrogen-bond donors (Lipinski definition) is 1. The van der Waals surface area contributed by atoms with E-state index in [1.165, 1.54) is 40.1 Å². The summed E-state index contributed by atoms with van der Waals surface area (Å²) in [6.45, 7) is 8.82. The molecule has 1 atom stereocenters. The molecule has 4 heterocycles. The minimum absolute atomic E-state index is 0.0273. The standard InChI is InChI=1S/C15H19N3O8.C14H10F2Se.2C2H6/c1-22-6-7-24-15(21)26-9-25-13-10(19)2-3-18-12(13)14(20)17-4-5-23-8-11(17)16-18;15-12-6-5-9-7-10-3-1-2-4-13(10)17-8-11(9)14(12)16;2*1-2/h2-3,11,16H,4-9H2,1H3;1-6H,7-8H2;2*1-2H3. The van der Waals surface area contributed by atoms with Gasteiger partial charge in [-0.2, -0.15) is 0 Å². The van der Waals surface area contributed by atoms with Crippen LogP contribution >= 0.6 is 0 Å². The van der Waals surface area contributed by atoms with Crippen LogP contribution in [0.15, 0.2) is 53.5 Å². The van der Waals surface area contributed by atoms with Gasteiger partial charge in [-0.3, -0.25) is 14.3 Å². The third-order valence-corrected chi connectivity index (χ3v) is 9.24. The molecular weight excluding hydrogens is 683 g/mol. The van der Waals surface area contributed by atoms with Crippen molar-refractivity contribution in [2.75, 3.05) is 52.3 Å². The monoisotopic (exact) mass is 725 g/mol. The van der Waals surface area contributed by atoms with Crippen LogP contribution in [-0.4, -0.2) is 89.6 Å². The summed E-state index contributed by atoms with van der Waals surface area (Å²) in [5, 5.41) is 0.642. The van der Waals surface area contributed by atoms with Gasteiger partial charge in [-0.25, -0.2) is 4.79 Å². The topological polar surface area (TPSA) is 118 Å². The number of benzene rings is 2. The van der Waals surface area contributed by atoms with Crippen LogP contribution in [0.3, 0.4) is 0 Å². The number of morpholine rings is 1. The summed E-state index contributed by atoms with van der Waals surface area (Å²) in [5.41, 5.74) is 5.34. The number of ether oxygens (including phenoxy) is 5. The van der Waals surface area contributed by atoms with Gasteiger partial charge in [0.25, 0.3) is 5.91 Å². The van der Waals surface area contributed by atoms with Crippen LogP contribution in [0.4, 0.5) is 13.6 Å². The number of nitrogens with one attached hydrogen (secondary N) is 1. The molecule has 1 unspecified atom stereocenters. The predicted octanol–water partition coefficient (Wildman–Crippen LogP) is 3.79. The second-order valence-electron chi connectivity index (χ2n) is 9.52. The zero-order valence-electron chi connectivity index (χ0n) is 27.2. The molecule has 1 aromatic heterocycles. The van der Waals surface area contributed by atoms with Gasteiger partial charge in [0.2, 0.25) is 18.0 Å². The van der Waals surface area contributed by atoms with Crippen molar-refractivity contribution in [3.8, 4) is 5.75 Å². The molecule has 3 aliphatic heterocycles. The average molecular weight is 725 g/mol. The quantitative estimate of drug-likeness (QED) is 0.176. The van der Waals surface area contributed by atoms with E-state index in [0.29, 0.717) is 37.1 Å². The van der Waals surface area contributed by atoms with Gasteiger partial charge in [0.05, 0.1) is 19.8 Å². The van der Waals surface area contributed by atoms with Crippen molar-refractivity contribution in [1.82, 2.24) is 9.58 Å². The number of rotatable bonds is 6. The zero-order valence-corrected chi connectivity index (χ0v) is 28.9. The molecule has 0 aliphatic carbocycles. The summed E-state index contributed by atoms with van der Waals surface area (Å²) in [5.74, 6) is -1.96. The van der Waals surface area contributed by atoms with Crippen LogP contribution in [0.25, 0.3) is 0 Å². The maximum atomic E-state index is 13.7. The van der Waals surface area contributed by atoms with Crippen LogP contribution in [0, 0.1) is 11.6 Å². The maximum absolute atomic E-state index is 13.7. The van der Waals surface area contributed by atoms with Gasteiger partial charge in [-0.05, 0) is 0 Å². The van der Waals surface area contributed by atoms with E-state index < -0.39 is 30.0 Å². The number of carbonyl (C=O) groups excluding carboxylic acids is 2. The molecule has 11 nitrogen and oxygen atoms in total. The minimum atomic E-state index is -0.968. The molecule has 1 saturated heterocycles. The van der Waals surface area contributed by atoms with E-state index in [0.717, 1.165) is 5.56 Å². The molecule has 3 aliphatic rings. The molecule has 1 N–H and O–H groups in total. The Balaban J connectivity index is 0.000000246. The van der Waals surface area contributed by atoms with Crippen molar-refractivity contribution in [2.45, 2.75) is 45.6 Å². The normalized spacial score (nSPS) is 15.4. The molecule has 0 saturated carbocycles. The molecule has 47 heavy (non-hydrogen) atoms. The first kappa shape index (κ1) is 37.5. The van der Waals surface area contributed by atoms with Crippen LogP contribution in [0.5, 0.6) is 5.75 Å². The summed E-state index contributed by atoms with van der Waals surface area (Å²) < 4.78 is 54.4. The molecule has 1 fully saturated rings. The van der Waals surface area contributed by atoms with Gasteiger partial charge in [0.15, 0.2) is 5.69 Å². The van der Waals surface area contributed by atoms with Gasteiger partial charge in [-0.1, -0.05) is 27.7 Å². The first-order valence-electron chi connectivity index (χ1n) is 15.4. The fourth-order valence-corrected chi connectivity index (χ4v) is 7.04. The van der Waals surface area contributed by atoms with Crippen molar-refractivity contribution in [3.05, 3.63) is 92.9 Å². The second-order valence-corrected chi connectivity index (χ2v) is 11.7. The molecule has 14 heteroatoms. The fourth-order valence-electron chi connectivity index (χ4n) is 4.70. The number of nitrogens with zero attached hydrogens (tertiary/aromatic N) is 2. The molecular formula is C33H41F2N3O8Se. The average Bonchev–Trinajstić information content (AvgIpc) is 3.30. The van der Waals surface area contributed by atoms with Crippen LogP contribution < -0.4 is 20.1 Å². The fraction of sp³-hybridized carbons (Fsp3) is 0.424. The van der Waals surface area contributed by atoms with Crippen LogP contribution in [-0.2, 0) is 30.7 Å². The van der Waals surface area contributed by atoms with Gasteiger partial charge >= 0.3 is 111 Å². The van der Waals surface area contributed by atoms with E-state index in [1.807, 2.05) is 39.8 Å². The molecule has 0 radical (unpaired) electrons. The third kappa shape index (κ3) is 9.54. The third-order valence-electron chi connectivity index (χ3n) is 6.84. The van der Waals surface area contributed by atoms with Crippen molar-refractivity contribution in [2.24, 2.45) is 0 Å². The van der Waals surface area contributed by atoms with E-state index in [2.05, 4.69) is 17.6 Å². The Morgan fingerprint density at radius 2 is 1.79 bits per heavy atom. The van der Waals surface area contributed by atoms with Crippen LogP contribution in [0.2, 0.25) is 0 Å². The van der Waals surface area contributed by atoms with E-state index in [1.54, 1.807) is 11.0 Å². The number of hydrogen-bond acceptors (Lipinski definition) is 9. The van der Waals surface area contributed by atoms with E-state index in [4.69, 9.17) is 23.7 Å². The summed E-state index contributed by atoms with van der Waals surface area (Å²) in [4.78, 5) is 37.8. The van der Waals surface area contributed by atoms with Crippen molar-refractivity contribution < 1.29 is 42.1 Å². The van der Waals surface area contributed by atoms with Crippen molar-refractivity contribution in [3.63, 3.8) is 0 Å². The van der Waals surface area contributed by atoms with Crippen molar-refractivity contribution >= 4 is 31.5 Å². The number of carbonyl (C=O) groups is 2. The van der Waals surface area contributed by atoms with Gasteiger partial charge in [0.1, 0.15) is 12.8 Å². The number of methoxy groups -OCH3 is 1. The Bertz CT molecular complexity index is 1550. The van der Waals surface area contributed by atoms with E-state index in [9.17, 15) is 23.2 Å².